The fraction of sp³-hybridized carbons (Fsp3) is 0.417. The minimum atomic E-state index is -2.96. The average Bonchev–Trinajstić information content (AvgIpc) is 2.36. The molecule has 1 aliphatic heterocycles. The smallest absolute Gasteiger partial charge is 0.238 e. The Hall–Kier alpha value is -1.02. The van der Waals surface area contributed by atoms with Crippen molar-refractivity contribution in [2.45, 2.75) is 0 Å². The minimum absolute atomic E-state index is 0.0731. The number of nitrogens with zero attached hydrogens (tertiary/aromatic N) is 1. The van der Waals surface area contributed by atoms with Crippen molar-refractivity contribution < 1.29 is 13.2 Å². The lowest BCUT2D eigenvalue weighted by molar-refractivity contribution is -0.117. The molecule has 0 bridgehead atoms. The number of anilines is 2. The molecule has 1 amide bonds. The van der Waals surface area contributed by atoms with Gasteiger partial charge in [0.05, 0.1) is 33.8 Å². The van der Waals surface area contributed by atoms with Crippen LogP contribution in [0.5, 0.6) is 0 Å². The Morgan fingerprint density at radius 1 is 1.24 bits per heavy atom. The largest absolute Gasteiger partial charge is 0.399 e. The summed E-state index contributed by atoms with van der Waals surface area (Å²) in [5, 5.41) is 3.14. The highest BCUT2D eigenvalue weighted by Gasteiger charge is 2.23. The summed E-state index contributed by atoms with van der Waals surface area (Å²) >= 11 is 12.0. The van der Waals surface area contributed by atoms with Crippen LogP contribution in [0.4, 0.5) is 11.4 Å². The number of carbonyl (C=O) groups is 1. The lowest BCUT2D eigenvalue weighted by atomic mass is 10.2. The molecule has 0 atom stereocenters. The van der Waals surface area contributed by atoms with Gasteiger partial charge in [0.15, 0.2) is 9.84 Å². The Bertz CT molecular complexity index is 627. The van der Waals surface area contributed by atoms with Crippen LogP contribution in [0.15, 0.2) is 12.1 Å². The van der Waals surface area contributed by atoms with Gasteiger partial charge in [0.25, 0.3) is 0 Å². The standard InChI is InChI=1S/C12H15Cl2N3O3S/c13-9-5-8(15)6-10(14)12(9)16-11(18)7-17-1-3-21(19,20)4-2-17/h5-6H,1-4,7,15H2,(H,16,18). The first-order valence-electron chi connectivity index (χ1n) is 6.24. The molecule has 1 aliphatic rings. The molecule has 9 heteroatoms. The van der Waals surface area contributed by atoms with Crippen LogP contribution in [-0.4, -0.2) is 50.4 Å². The number of rotatable bonds is 3. The van der Waals surface area contributed by atoms with E-state index in [1.807, 2.05) is 0 Å². The van der Waals surface area contributed by atoms with Crippen molar-refractivity contribution in [2.24, 2.45) is 0 Å². The summed E-state index contributed by atoms with van der Waals surface area (Å²) in [6.07, 6.45) is 0. The summed E-state index contributed by atoms with van der Waals surface area (Å²) < 4.78 is 22.6. The maximum absolute atomic E-state index is 12.0. The predicted molar refractivity (Wildman–Crippen MR) is 84.6 cm³/mol. The molecule has 3 N–H and O–H groups in total. The molecule has 0 aromatic heterocycles. The number of amides is 1. The Kier molecular flexibility index (Phi) is 4.98. The van der Waals surface area contributed by atoms with Crippen molar-refractivity contribution in [1.29, 1.82) is 0 Å². The summed E-state index contributed by atoms with van der Waals surface area (Å²) in [6.45, 7) is 0.782. The minimum Gasteiger partial charge on any atom is -0.399 e. The molecular weight excluding hydrogens is 337 g/mol. The van der Waals surface area contributed by atoms with E-state index in [2.05, 4.69) is 5.32 Å². The third-order valence-electron chi connectivity index (χ3n) is 3.13. The van der Waals surface area contributed by atoms with Gasteiger partial charge >= 0.3 is 0 Å². The number of hydrogen-bond acceptors (Lipinski definition) is 5. The topological polar surface area (TPSA) is 92.5 Å². The van der Waals surface area contributed by atoms with Crippen molar-refractivity contribution in [2.75, 3.05) is 42.2 Å². The highest BCUT2D eigenvalue weighted by atomic mass is 35.5. The summed E-state index contributed by atoms with van der Waals surface area (Å²) in [4.78, 5) is 13.8. The van der Waals surface area contributed by atoms with Crippen LogP contribution >= 0.6 is 23.2 Å². The molecule has 0 radical (unpaired) electrons. The average molecular weight is 352 g/mol. The molecule has 0 aliphatic carbocycles. The second kappa shape index (κ2) is 6.39. The van der Waals surface area contributed by atoms with E-state index in [-0.39, 0.29) is 34.0 Å². The maximum Gasteiger partial charge on any atom is 0.238 e. The van der Waals surface area contributed by atoms with Gasteiger partial charge in [-0.2, -0.15) is 0 Å². The van der Waals surface area contributed by atoms with Gasteiger partial charge in [0.1, 0.15) is 0 Å². The SMILES string of the molecule is Nc1cc(Cl)c(NC(=O)CN2CCS(=O)(=O)CC2)c(Cl)c1. The molecule has 0 saturated carbocycles. The predicted octanol–water partition coefficient (Wildman–Crippen LogP) is 1.24. The quantitative estimate of drug-likeness (QED) is 0.799. The second-order valence-electron chi connectivity index (χ2n) is 4.84. The van der Waals surface area contributed by atoms with Gasteiger partial charge < -0.3 is 11.1 Å². The van der Waals surface area contributed by atoms with E-state index >= 15 is 0 Å². The molecule has 6 nitrogen and oxygen atoms in total. The number of benzene rings is 1. The molecule has 1 fully saturated rings. The van der Waals surface area contributed by atoms with Crippen LogP contribution in [-0.2, 0) is 14.6 Å². The molecule has 2 rings (SSSR count). The molecule has 1 saturated heterocycles. The number of nitrogens with one attached hydrogen (secondary N) is 1. The van der Waals surface area contributed by atoms with Crippen LogP contribution in [0.25, 0.3) is 0 Å². The number of hydrogen-bond donors (Lipinski definition) is 2. The first-order chi connectivity index (χ1) is 9.77. The summed E-state index contributed by atoms with van der Waals surface area (Å²) in [6, 6.07) is 2.99. The lowest BCUT2D eigenvalue weighted by Crippen LogP contribution is -2.43. The van der Waals surface area contributed by atoms with E-state index in [4.69, 9.17) is 28.9 Å². The monoisotopic (exact) mass is 351 g/mol. The summed E-state index contributed by atoms with van der Waals surface area (Å²) in [5.41, 5.74) is 6.30. The zero-order valence-electron chi connectivity index (χ0n) is 11.1. The van der Waals surface area contributed by atoms with E-state index in [1.165, 1.54) is 12.1 Å². The van der Waals surface area contributed by atoms with Crippen molar-refractivity contribution >= 4 is 50.3 Å². The first-order valence-corrected chi connectivity index (χ1v) is 8.82. The van der Waals surface area contributed by atoms with Crippen molar-refractivity contribution in [1.82, 2.24) is 4.90 Å². The van der Waals surface area contributed by atoms with Crippen LogP contribution in [0, 0.1) is 0 Å². The lowest BCUT2D eigenvalue weighted by Gasteiger charge is -2.25. The van der Waals surface area contributed by atoms with Crippen molar-refractivity contribution in [3.05, 3.63) is 22.2 Å². The van der Waals surface area contributed by atoms with E-state index in [0.29, 0.717) is 24.5 Å². The summed E-state index contributed by atoms with van der Waals surface area (Å²) in [5.74, 6) is -0.157. The third kappa shape index (κ3) is 4.47. The Labute approximate surface area is 133 Å². The third-order valence-corrected chi connectivity index (χ3v) is 5.34. The first kappa shape index (κ1) is 16.4. The van der Waals surface area contributed by atoms with Gasteiger partial charge in [0.2, 0.25) is 5.91 Å². The molecule has 1 aromatic carbocycles. The van der Waals surface area contributed by atoms with Crippen LogP contribution < -0.4 is 11.1 Å². The number of nitrogen functional groups attached to an aromatic ring is 1. The van der Waals surface area contributed by atoms with E-state index < -0.39 is 9.84 Å². The van der Waals surface area contributed by atoms with Crippen LogP contribution in [0.2, 0.25) is 10.0 Å². The molecule has 0 unspecified atom stereocenters. The molecule has 21 heavy (non-hydrogen) atoms. The summed E-state index contributed by atoms with van der Waals surface area (Å²) in [7, 11) is -2.96. The Morgan fingerprint density at radius 3 is 2.29 bits per heavy atom. The van der Waals surface area contributed by atoms with E-state index in [0.717, 1.165) is 0 Å². The molecular formula is C12H15Cl2N3O3S. The molecule has 0 spiro atoms. The molecule has 1 aromatic rings. The zero-order valence-corrected chi connectivity index (χ0v) is 13.4. The molecule has 1 heterocycles. The van der Waals surface area contributed by atoms with Gasteiger partial charge in [0, 0.05) is 18.8 Å². The number of sulfone groups is 1. The number of nitrogens with two attached hydrogens (primary N) is 1. The highest BCUT2D eigenvalue weighted by Crippen LogP contribution is 2.32. The van der Waals surface area contributed by atoms with Gasteiger partial charge in [-0.15, -0.1) is 0 Å². The van der Waals surface area contributed by atoms with E-state index in [1.54, 1.807) is 4.90 Å². The highest BCUT2D eigenvalue weighted by molar-refractivity contribution is 7.91. The van der Waals surface area contributed by atoms with Crippen LogP contribution in [0.3, 0.4) is 0 Å². The van der Waals surface area contributed by atoms with Gasteiger partial charge in [-0.1, -0.05) is 23.2 Å². The van der Waals surface area contributed by atoms with Crippen LogP contribution in [0.1, 0.15) is 0 Å². The number of carbonyl (C=O) groups excluding carboxylic acids is 1. The van der Waals surface area contributed by atoms with Crippen molar-refractivity contribution in [3.8, 4) is 0 Å². The Balaban J connectivity index is 1.97. The van der Waals surface area contributed by atoms with E-state index in [9.17, 15) is 13.2 Å². The molecule has 116 valence electrons. The van der Waals surface area contributed by atoms with Gasteiger partial charge in [-0.25, -0.2) is 8.42 Å². The Morgan fingerprint density at radius 2 is 1.76 bits per heavy atom. The van der Waals surface area contributed by atoms with Gasteiger partial charge in [-0.05, 0) is 12.1 Å². The fourth-order valence-electron chi connectivity index (χ4n) is 2.00. The van der Waals surface area contributed by atoms with Crippen molar-refractivity contribution in [3.63, 3.8) is 0 Å². The fourth-order valence-corrected chi connectivity index (χ4v) is 3.88. The second-order valence-corrected chi connectivity index (χ2v) is 7.95. The normalized spacial score (nSPS) is 18.4. The van der Waals surface area contributed by atoms with Gasteiger partial charge in [-0.3, -0.25) is 9.69 Å². The zero-order chi connectivity index (χ0) is 15.6. The number of halogens is 2. The maximum atomic E-state index is 12.0.